The first-order chi connectivity index (χ1) is 8.04. The highest BCUT2D eigenvalue weighted by molar-refractivity contribution is 5.80. The minimum Gasteiger partial charge on any atom is -0.481 e. The van der Waals surface area contributed by atoms with E-state index in [1.807, 2.05) is 13.8 Å². The summed E-state index contributed by atoms with van der Waals surface area (Å²) in [6.07, 6.45) is 0.942. The molecule has 0 aromatic rings. The molecule has 0 aliphatic carbocycles. The highest BCUT2D eigenvalue weighted by Gasteiger charge is 2.34. The second-order valence-corrected chi connectivity index (χ2v) is 4.35. The Kier molecular flexibility index (Phi) is 5.37. The Bertz CT molecular complexity index is 283. The van der Waals surface area contributed by atoms with Crippen molar-refractivity contribution in [3.05, 3.63) is 0 Å². The van der Waals surface area contributed by atoms with Crippen LogP contribution in [0, 0.1) is 5.92 Å². The fourth-order valence-electron chi connectivity index (χ4n) is 1.61. The molecule has 1 saturated heterocycles. The number of carboxylic acids is 1. The van der Waals surface area contributed by atoms with E-state index in [-0.39, 0.29) is 31.7 Å². The van der Waals surface area contributed by atoms with Gasteiger partial charge in [-0.2, -0.15) is 0 Å². The van der Waals surface area contributed by atoms with Gasteiger partial charge >= 0.3 is 5.97 Å². The molecule has 0 spiro atoms. The predicted molar refractivity (Wildman–Crippen MR) is 61.6 cm³/mol. The summed E-state index contributed by atoms with van der Waals surface area (Å²) in [4.78, 5) is 22.4. The minimum atomic E-state index is -0.928. The zero-order chi connectivity index (χ0) is 12.8. The van der Waals surface area contributed by atoms with Crippen molar-refractivity contribution in [2.45, 2.75) is 32.4 Å². The van der Waals surface area contributed by atoms with Gasteiger partial charge in [-0.25, -0.2) is 0 Å². The highest BCUT2D eigenvalue weighted by atomic mass is 16.5. The molecule has 98 valence electrons. The fraction of sp³-hybridized carbons (Fsp3) is 0.818. The zero-order valence-corrected chi connectivity index (χ0v) is 10.2. The summed E-state index contributed by atoms with van der Waals surface area (Å²) in [5.41, 5.74) is 0. The third-order valence-electron chi connectivity index (χ3n) is 2.97. The van der Waals surface area contributed by atoms with Gasteiger partial charge in [0.25, 0.3) is 0 Å². The van der Waals surface area contributed by atoms with Crippen molar-refractivity contribution in [1.82, 2.24) is 10.6 Å². The van der Waals surface area contributed by atoms with E-state index in [0.717, 1.165) is 6.42 Å². The van der Waals surface area contributed by atoms with E-state index in [0.29, 0.717) is 0 Å². The Morgan fingerprint density at radius 3 is 2.76 bits per heavy atom. The number of ether oxygens (including phenoxy) is 1. The van der Waals surface area contributed by atoms with Crippen LogP contribution in [0.25, 0.3) is 0 Å². The third-order valence-corrected chi connectivity index (χ3v) is 2.97. The normalized spacial score (nSPS) is 25.5. The van der Waals surface area contributed by atoms with Gasteiger partial charge in [-0.1, -0.05) is 6.92 Å². The predicted octanol–water partition coefficient (Wildman–Crippen LogP) is -0.410. The lowest BCUT2D eigenvalue weighted by atomic mass is 10.0. The molecule has 1 amide bonds. The van der Waals surface area contributed by atoms with Gasteiger partial charge in [-0.15, -0.1) is 0 Å². The van der Waals surface area contributed by atoms with Crippen LogP contribution in [-0.4, -0.2) is 48.8 Å². The van der Waals surface area contributed by atoms with Crippen LogP contribution >= 0.6 is 0 Å². The lowest BCUT2D eigenvalue weighted by Gasteiger charge is -2.17. The summed E-state index contributed by atoms with van der Waals surface area (Å²) < 4.78 is 5.06. The van der Waals surface area contributed by atoms with Gasteiger partial charge in [0, 0.05) is 6.04 Å². The molecule has 1 aliphatic rings. The number of hydrogen-bond acceptors (Lipinski definition) is 4. The number of rotatable bonds is 6. The van der Waals surface area contributed by atoms with Crippen LogP contribution in [0.3, 0.4) is 0 Å². The van der Waals surface area contributed by atoms with Crippen molar-refractivity contribution >= 4 is 11.9 Å². The first kappa shape index (κ1) is 13.9. The van der Waals surface area contributed by atoms with Crippen LogP contribution in [0.4, 0.5) is 0 Å². The zero-order valence-electron chi connectivity index (χ0n) is 10.2. The summed E-state index contributed by atoms with van der Waals surface area (Å²) in [6, 6.07) is -0.144. The van der Waals surface area contributed by atoms with E-state index in [2.05, 4.69) is 10.6 Å². The summed E-state index contributed by atoms with van der Waals surface area (Å²) in [7, 11) is 0. The number of carbonyl (C=O) groups is 2. The van der Waals surface area contributed by atoms with Crippen molar-refractivity contribution in [1.29, 1.82) is 0 Å². The first-order valence-electron chi connectivity index (χ1n) is 5.87. The molecule has 1 heterocycles. The van der Waals surface area contributed by atoms with Crippen molar-refractivity contribution in [3.8, 4) is 0 Å². The number of amides is 1. The summed E-state index contributed by atoms with van der Waals surface area (Å²) in [6.45, 7) is 4.66. The molecule has 3 N–H and O–H groups in total. The van der Waals surface area contributed by atoms with Crippen LogP contribution in [0.5, 0.6) is 0 Å². The van der Waals surface area contributed by atoms with Crippen molar-refractivity contribution < 1.29 is 19.4 Å². The number of aliphatic carboxylic acids is 1. The monoisotopic (exact) mass is 244 g/mol. The summed E-state index contributed by atoms with van der Waals surface area (Å²) in [5, 5.41) is 14.6. The molecule has 1 fully saturated rings. The molecule has 0 aromatic heterocycles. The van der Waals surface area contributed by atoms with Crippen LogP contribution in [0.1, 0.15) is 20.3 Å². The van der Waals surface area contributed by atoms with Gasteiger partial charge < -0.3 is 20.5 Å². The SMILES string of the molecule is CCC(C)NCC(=O)NC1COCC1C(=O)O. The number of nitrogens with one attached hydrogen (secondary N) is 2. The Morgan fingerprint density at radius 2 is 2.18 bits per heavy atom. The number of carboxylic acid groups (broad SMARTS) is 1. The van der Waals surface area contributed by atoms with E-state index in [1.54, 1.807) is 0 Å². The summed E-state index contributed by atoms with van der Waals surface area (Å²) in [5.74, 6) is -1.75. The molecule has 1 rings (SSSR count). The van der Waals surface area contributed by atoms with Crippen LogP contribution in [0.15, 0.2) is 0 Å². The van der Waals surface area contributed by atoms with E-state index in [1.165, 1.54) is 0 Å². The van der Waals surface area contributed by atoms with Crippen LogP contribution in [0.2, 0.25) is 0 Å². The average Bonchev–Trinajstić information content (AvgIpc) is 2.74. The average molecular weight is 244 g/mol. The van der Waals surface area contributed by atoms with Gasteiger partial charge in [-0.05, 0) is 13.3 Å². The molecular formula is C11H20N2O4. The van der Waals surface area contributed by atoms with E-state index in [4.69, 9.17) is 9.84 Å². The van der Waals surface area contributed by atoms with Crippen LogP contribution in [-0.2, 0) is 14.3 Å². The topological polar surface area (TPSA) is 87.7 Å². The molecule has 1 aliphatic heterocycles. The molecule has 6 heteroatoms. The smallest absolute Gasteiger partial charge is 0.311 e. The van der Waals surface area contributed by atoms with Gasteiger partial charge in [0.15, 0.2) is 0 Å². The largest absolute Gasteiger partial charge is 0.481 e. The van der Waals surface area contributed by atoms with E-state index < -0.39 is 17.9 Å². The Hall–Kier alpha value is -1.14. The molecule has 0 radical (unpaired) electrons. The number of hydrogen-bond donors (Lipinski definition) is 3. The highest BCUT2D eigenvalue weighted by Crippen LogP contribution is 2.13. The van der Waals surface area contributed by atoms with Crippen molar-refractivity contribution in [2.75, 3.05) is 19.8 Å². The molecule has 0 saturated carbocycles. The second kappa shape index (κ2) is 6.56. The van der Waals surface area contributed by atoms with Crippen molar-refractivity contribution in [3.63, 3.8) is 0 Å². The molecule has 6 nitrogen and oxygen atoms in total. The Morgan fingerprint density at radius 1 is 1.47 bits per heavy atom. The van der Waals surface area contributed by atoms with Gasteiger partial charge in [0.1, 0.15) is 5.92 Å². The maximum Gasteiger partial charge on any atom is 0.311 e. The van der Waals surface area contributed by atoms with Crippen LogP contribution < -0.4 is 10.6 Å². The molecule has 17 heavy (non-hydrogen) atoms. The lowest BCUT2D eigenvalue weighted by Crippen LogP contribution is -2.46. The standard InChI is InChI=1S/C11H20N2O4/c1-3-7(2)12-4-10(14)13-9-6-17-5-8(9)11(15)16/h7-9,12H,3-6H2,1-2H3,(H,13,14)(H,15,16). The molecule has 0 bridgehead atoms. The van der Waals surface area contributed by atoms with Crippen molar-refractivity contribution in [2.24, 2.45) is 5.92 Å². The Balaban J connectivity index is 2.33. The minimum absolute atomic E-state index is 0.166. The third kappa shape index (κ3) is 4.32. The molecular weight excluding hydrogens is 224 g/mol. The quantitative estimate of drug-likeness (QED) is 0.591. The van der Waals surface area contributed by atoms with E-state index >= 15 is 0 Å². The molecule has 3 unspecified atom stereocenters. The van der Waals surface area contributed by atoms with Gasteiger partial charge in [0.2, 0.25) is 5.91 Å². The summed E-state index contributed by atoms with van der Waals surface area (Å²) >= 11 is 0. The van der Waals surface area contributed by atoms with Gasteiger partial charge in [0.05, 0.1) is 25.8 Å². The molecule has 0 aromatic carbocycles. The fourth-order valence-corrected chi connectivity index (χ4v) is 1.61. The Labute approximate surface area is 101 Å². The first-order valence-corrected chi connectivity index (χ1v) is 5.87. The van der Waals surface area contributed by atoms with Gasteiger partial charge in [-0.3, -0.25) is 9.59 Å². The maximum atomic E-state index is 11.6. The maximum absolute atomic E-state index is 11.6. The number of carbonyl (C=O) groups excluding carboxylic acids is 1. The van der Waals surface area contributed by atoms with E-state index in [9.17, 15) is 9.59 Å². The molecule has 3 atom stereocenters. The second-order valence-electron chi connectivity index (χ2n) is 4.35. The lowest BCUT2D eigenvalue weighted by molar-refractivity contribution is -0.142.